The Kier molecular flexibility index (Phi) is 5.24. The second-order valence-corrected chi connectivity index (χ2v) is 8.80. The van der Waals surface area contributed by atoms with Crippen molar-refractivity contribution < 1.29 is 9.53 Å². The average Bonchev–Trinajstić information content (AvgIpc) is 3.28. The van der Waals surface area contributed by atoms with Crippen molar-refractivity contribution in [3.63, 3.8) is 0 Å². The number of hydrogen-bond acceptors (Lipinski definition) is 4. The molecule has 27 heavy (non-hydrogen) atoms. The normalized spacial score (nSPS) is 26.0. The van der Waals surface area contributed by atoms with Gasteiger partial charge in [-0.2, -0.15) is 0 Å². The summed E-state index contributed by atoms with van der Waals surface area (Å²) in [6.07, 6.45) is 4.56. The Balaban J connectivity index is 1.45. The van der Waals surface area contributed by atoms with Gasteiger partial charge in [-0.15, -0.1) is 11.3 Å². The van der Waals surface area contributed by atoms with E-state index in [0.717, 1.165) is 23.5 Å². The molecule has 1 aromatic carbocycles. The molecule has 3 atom stereocenters. The third-order valence-electron chi connectivity index (χ3n) is 6.24. The maximum atomic E-state index is 12.4. The Morgan fingerprint density at radius 1 is 1.26 bits per heavy atom. The second-order valence-electron chi connectivity index (χ2n) is 7.85. The molecule has 4 nitrogen and oxygen atoms in total. The molecule has 4 rings (SSSR count). The number of aryl methyl sites for hydroxylation is 1. The Morgan fingerprint density at radius 3 is 2.59 bits per heavy atom. The fourth-order valence-electron chi connectivity index (χ4n) is 5.03. The van der Waals surface area contributed by atoms with Crippen molar-refractivity contribution in [2.75, 3.05) is 7.11 Å². The molecule has 2 aliphatic heterocycles. The molecule has 2 fully saturated rings. The van der Waals surface area contributed by atoms with E-state index in [2.05, 4.69) is 42.3 Å². The third-order valence-corrected chi connectivity index (χ3v) is 7.11. The first-order chi connectivity index (χ1) is 13.1. The smallest absolute Gasteiger partial charge is 0.261 e. The number of nitrogens with zero attached hydrogens (tertiary/aromatic N) is 1. The van der Waals surface area contributed by atoms with Crippen LogP contribution < -0.4 is 10.1 Å². The number of fused-ring (bicyclic) bond motifs is 2. The number of nitrogens with one attached hydrogen (secondary N) is 1. The van der Waals surface area contributed by atoms with Gasteiger partial charge >= 0.3 is 0 Å². The number of benzene rings is 1. The largest absolute Gasteiger partial charge is 0.497 e. The zero-order chi connectivity index (χ0) is 19.0. The molecule has 1 N–H and O–H groups in total. The molecule has 2 aromatic rings. The molecule has 0 radical (unpaired) electrons. The van der Waals surface area contributed by atoms with Gasteiger partial charge in [-0.1, -0.05) is 12.1 Å². The number of carbonyl (C=O) groups excluding carboxylic acids is 1. The molecule has 2 bridgehead atoms. The molecular weight excluding hydrogens is 356 g/mol. The van der Waals surface area contributed by atoms with Gasteiger partial charge in [0, 0.05) is 24.2 Å². The maximum Gasteiger partial charge on any atom is 0.261 e. The number of amides is 1. The van der Waals surface area contributed by atoms with Crippen molar-refractivity contribution in [3.8, 4) is 5.75 Å². The van der Waals surface area contributed by atoms with Crippen LogP contribution in [-0.2, 0) is 0 Å². The van der Waals surface area contributed by atoms with Crippen LogP contribution in [0.3, 0.4) is 0 Å². The number of hydrogen-bond donors (Lipinski definition) is 1. The van der Waals surface area contributed by atoms with Crippen molar-refractivity contribution in [2.45, 2.75) is 63.7 Å². The van der Waals surface area contributed by atoms with Crippen LogP contribution >= 0.6 is 11.3 Å². The van der Waals surface area contributed by atoms with E-state index in [1.54, 1.807) is 7.11 Å². The lowest BCUT2D eigenvalue weighted by atomic mass is 9.92. The maximum absolute atomic E-state index is 12.4. The summed E-state index contributed by atoms with van der Waals surface area (Å²) in [6, 6.07) is 12.0. The first kappa shape index (κ1) is 18.5. The van der Waals surface area contributed by atoms with E-state index in [1.807, 2.05) is 17.5 Å². The van der Waals surface area contributed by atoms with Crippen molar-refractivity contribution in [3.05, 3.63) is 51.7 Å². The van der Waals surface area contributed by atoms with Crippen molar-refractivity contribution >= 4 is 17.2 Å². The van der Waals surface area contributed by atoms with Gasteiger partial charge in [0.05, 0.1) is 12.0 Å². The van der Waals surface area contributed by atoms with E-state index >= 15 is 0 Å². The number of rotatable bonds is 5. The van der Waals surface area contributed by atoms with E-state index < -0.39 is 0 Å². The zero-order valence-electron chi connectivity index (χ0n) is 16.3. The molecule has 2 saturated heterocycles. The van der Waals surface area contributed by atoms with Crippen molar-refractivity contribution in [2.24, 2.45) is 0 Å². The molecule has 3 unspecified atom stereocenters. The third kappa shape index (κ3) is 3.63. The van der Waals surface area contributed by atoms with Crippen molar-refractivity contribution in [1.29, 1.82) is 0 Å². The van der Waals surface area contributed by atoms with E-state index in [-0.39, 0.29) is 11.9 Å². The highest BCUT2D eigenvalue weighted by atomic mass is 32.1. The number of thiophene rings is 1. The standard InChI is InChI=1S/C22H28N2O2S/c1-14-11-19(26-3)8-9-20(14)15(2)24-17-6-7-18(24)13-16(12-17)23-22(25)21-5-4-10-27-21/h4-5,8-11,15-18H,6-7,12-13H2,1-3H3,(H,23,25). The second kappa shape index (κ2) is 7.64. The minimum atomic E-state index is 0.0851. The lowest BCUT2D eigenvalue weighted by Gasteiger charge is -2.43. The Bertz CT molecular complexity index is 791. The fourth-order valence-corrected chi connectivity index (χ4v) is 5.66. The molecule has 1 amide bonds. The van der Waals surface area contributed by atoms with Crippen LogP contribution in [0.15, 0.2) is 35.7 Å². The average molecular weight is 385 g/mol. The molecule has 0 saturated carbocycles. The molecular formula is C22H28N2O2S. The van der Waals surface area contributed by atoms with E-state index in [0.29, 0.717) is 18.1 Å². The molecule has 5 heteroatoms. The molecule has 0 aliphatic carbocycles. The number of ether oxygens (including phenoxy) is 1. The lowest BCUT2D eigenvalue weighted by Crippen LogP contribution is -2.51. The van der Waals surface area contributed by atoms with Crippen LogP contribution in [0.25, 0.3) is 0 Å². The van der Waals surface area contributed by atoms with Crippen LogP contribution in [0.4, 0.5) is 0 Å². The summed E-state index contributed by atoms with van der Waals surface area (Å²) >= 11 is 1.51. The summed E-state index contributed by atoms with van der Waals surface area (Å²) in [4.78, 5) is 15.9. The van der Waals surface area contributed by atoms with Gasteiger partial charge in [-0.05, 0) is 74.2 Å². The van der Waals surface area contributed by atoms with Crippen molar-refractivity contribution in [1.82, 2.24) is 10.2 Å². The predicted octanol–water partition coefficient (Wildman–Crippen LogP) is 4.55. The molecule has 3 heterocycles. The minimum Gasteiger partial charge on any atom is -0.497 e. The highest BCUT2D eigenvalue weighted by Gasteiger charge is 2.43. The van der Waals surface area contributed by atoms with Crippen LogP contribution in [0.1, 0.15) is 59.4 Å². The lowest BCUT2D eigenvalue weighted by molar-refractivity contribution is 0.0691. The van der Waals surface area contributed by atoms with E-state index in [9.17, 15) is 4.79 Å². The van der Waals surface area contributed by atoms with Crippen LogP contribution in [0.5, 0.6) is 5.75 Å². The monoisotopic (exact) mass is 384 g/mol. The van der Waals surface area contributed by atoms with Gasteiger partial charge in [0.2, 0.25) is 0 Å². The van der Waals surface area contributed by atoms with Crippen LogP contribution in [0.2, 0.25) is 0 Å². The highest BCUT2D eigenvalue weighted by Crippen LogP contribution is 2.42. The number of methoxy groups -OCH3 is 1. The van der Waals surface area contributed by atoms with Gasteiger partial charge < -0.3 is 10.1 Å². The van der Waals surface area contributed by atoms with E-state index in [1.165, 1.54) is 35.3 Å². The van der Waals surface area contributed by atoms with Gasteiger partial charge in [0.15, 0.2) is 0 Å². The molecule has 144 valence electrons. The number of carbonyl (C=O) groups is 1. The SMILES string of the molecule is COc1ccc(C(C)N2C3CCC2CC(NC(=O)c2cccs2)C3)c(C)c1. The molecule has 1 aromatic heterocycles. The zero-order valence-corrected chi connectivity index (χ0v) is 17.1. The quantitative estimate of drug-likeness (QED) is 0.822. The van der Waals surface area contributed by atoms with Gasteiger partial charge in [0.1, 0.15) is 5.75 Å². The van der Waals surface area contributed by atoms with Crippen LogP contribution in [-0.4, -0.2) is 36.0 Å². The fraction of sp³-hybridized carbons (Fsp3) is 0.500. The summed E-state index contributed by atoms with van der Waals surface area (Å²) in [5.41, 5.74) is 2.67. The Labute approximate surface area is 165 Å². The summed E-state index contributed by atoms with van der Waals surface area (Å²) in [7, 11) is 1.72. The summed E-state index contributed by atoms with van der Waals surface area (Å²) < 4.78 is 5.36. The Morgan fingerprint density at radius 2 is 2.00 bits per heavy atom. The van der Waals surface area contributed by atoms with E-state index in [4.69, 9.17) is 4.74 Å². The minimum absolute atomic E-state index is 0.0851. The summed E-state index contributed by atoms with van der Waals surface area (Å²) in [5.74, 6) is 1.00. The Hall–Kier alpha value is -1.85. The number of piperidine rings is 1. The molecule has 2 aliphatic rings. The topological polar surface area (TPSA) is 41.6 Å². The highest BCUT2D eigenvalue weighted by molar-refractivity contribution is 7.12. The van der Waals surface area contributed by atoms with Crippen LogP contribution in [0, 0.1) is 6.92 Å². The van der Waals surface area contributed by atoms with Gasteiger partial charge in [-0.3, -0.25) is 9.69 Å². The predicted molar refractivity (Wildman–Crippen MR) is 110 cm³/mol. The first-order valence-electron chi connectivity index (χ1n) is 9.83. The first-order valence-corrected chi connectivity index (χ1v) is 10.7. The summed E-state index contributed by atoms with van der Waals surface area (Å²) in [6.45, 7) is 4.49. The van der Waals surface area contributed by atoms with Gasteiger partial charge in [0.25, 0.3) is 5.91 Å². The van der Waals surface area contributed by atoms with Gasteiger partial charge in [-0.25, -0.2) is 0 Å². The molecule has 0 spiro atoms. The summed E-state index contributed by atoms with van der Waals surface area (Å²) in [5, 5.41) is 5.23.